The summed E-state index contributed by atoms with van der Waals surface area (Å²) < 4.78 is 23.2. The highest BCUT2D eigenvalue weighted by molar-refractivity contribution is 7.91. The molecule has 0 radical (unpaired) electrons. The Morgan fingerprint density at radius 3 is 2.12 bits per heavy atom. The van der Waals surface area contributed by atoms with Crippen molar-refractivity contribution >= 4 is 9.84 Å². The van der Waals surface area contributed by atoms with Gasteiger partial charge in [-0.15, -0.1) is 0 Å². The highest BCUT2D eigenvalue weighted by Crippen LogP contribution is 2.14. The number of hydrogen-bond acceptors (Lipinski definition) is 3. The van der Waals surface area contributed by atoms with Gasteiger partial charge in [0.15, 0.2) is 9.84 Å². The molecular weight excluding hydrogens is 234 g/mol. The average molecular weight is 263 g/mol. The molecule has 0 heterocycles. The Hall–Kier alpha value is -0.0900. The fourth-order valence-electron chi connectivity index (χ4n) is 1.88. The van der Waals surface area contributed by atoms with Gasteiger partial charge < -0.3 is 5.32 Å². The van der Waals surface area contributed by atoms with Gasteiger partial charge in [0, 0.05) is 12.3 Å². The van der Waals surface area contributed by atoms with Crippen LogP contribution in [0.2, 0.25) is 0 Å². The highest BCUT2D eigenvalue weighted by atomic mass is 32.2. The molecule has 0 aromatic carbocycles. The van der Waals surface area contributed by atoms with E-state index in [0.717, 1.165) is 25.8 Å². The lowest BCUT2D eigenvalue weighted by atomic mass is 10.0. The van der Waals surface area contributed by atoms with E-state index in [-0.39, 0.29) is 11.3 Å². The van der Waals surface area contributed by atoms with Gasteiger partial charge in [-0.3, -0.25) is 0 Å². The van der Waals surface area contributed by atoms with E-state index in [2.05, 4.69) is 26.1 Å². The van der Waals surface area contributed by atoms with Crippen LogP contribution in [0.5, 0.6) is 0 Å². The van der Waals surface area contributed by atoms with Crippen molar-refractivity contribution in [1.29, 1.82) is 0 Å². The van der Waals surface area contributed by atoms with Gasteiger partial charge in [0.1, 0.15) is 0 Å². The topological polar surface area (TPSA) is 46.2 Å². The fraction of sp³-hybridized carbons (Fsp3) is 1.00. The van der Waals surface area contributed by atoms with Gasteiger partial charge in [-0.05, 0) is 32.2 Å². The third-order valence-electron chi connectivity index (χ3n) is 3.20. The van der Waals surface area contributed by atoms with Gasteiger partial charge in [0.2, 0.25) is 0 Å². The molecule has 0 aromatic rings. The molecule has 2 atom stereocenters. The monoisotopic (exact) mass is 263 g/mol. The summed E-state index contributed by atoms with van der Waals surface area (Å²) in [5.74, 6) is 0.690. The summed E-state index contributed by atoms with van der Waals surface area (Å²) in [5.41, 5.74) is 0. The van der Waals surface area contributed by atoms with Crippen LogP contribution in [0.4, 0.5) is 0 Å². The maximum atomic E-state index is 11.6. The first-order valence-electron chi connectivity index (χ1n) is 6.71. The lowest BCUT2D eigenvalue weighted by Gasteiger charge is -2.24. The summed E-state index contributed by atoms with van der Waals surface area (Å²) in [6.45, 7) is 9.22. The van der Waals surface area contributed by atoms with Gasteiger partial charge >= 0.3 is 0 Å². The lowest BCUT2D eigenvalue weighted by molar-refractivity contribution is 0.424. The minimum atomic E-state index is -2.95. The SMILES string of the molecule is CCCNC(CCCC(C)C)C(C)S(C)(=O)=O. The van der Waals surface area contributed by atoms with Gasteiger partial charge in [0.05, 0.1) is 5.25 Å². The number of rotatable bonds is 9. The van der Waals surface area contributed by atoms with Crippen LogP contribution in [0.25, 0.3) is 0 Å². The first-order valence-corrected chi connectivity index (χ1v) is 8.66. The Kier molecular flexibility index (Phi) is 8.05. The van der Waals surface area contributed by atoms with E-state index in [1.807, 2.05) is 6.92 Å². The van der Waals surface area contributed by atoms with E-state index in [4.69, 9.17) is 0 Å². The van der Waals surface area contributed by atoms with Gasteiger partial charge in [-0.2, -0.15) is 0 Å². The number of sulfone groups is 1. The summed E-state index contributed by atoms with van der Waals surface area (Å²) in [4.78, 5) is 0. The number of nitrogens with one attached hydrogen (secondary N) is 1. The third-order valence-corrected chi connectivity index (χ3v) is 4.87. The van der Waals surface area contributed by atoms with Crippen molar-refractivity contribution in [3.63, 3.8) is 0 Å². The molecule has 0 aromatic heterocycles. The minimum absolute atomic E-state index is 0.101. The maximum absolute atomic E-state index is 11.6. The predicted octanol–water partition coefficient (Wildman–Crippen LogP) is 2.61. The van der Waals surface area contributed by atoms with E-state index < -0.39 is 9.84 Å². The fourth-order valence-corrected chi connectivity index (χ4v) is 2.71. The van der Waals surface area contributed by atoms with Gasteiger partial charge in [0.25, 0.3) is 0 Å². The van der Waals surface area contributed by atoms with E-state index in [9.17, 15) is 8.42 Å². The molecule has 0 amide bonds. The van der Waals surface area contributed by atoms with Crippen molar-refractivity contribution in [3.8, 4) is 0 Å². The molecular formula is C13H29NO2S. The van der Waals surface area contributed by atoms with Crippen molar-refractivity contribution in [1.82, 2.24) is 5.32 Å². The molecule has 0 saturated carbocycles. The molecule has 3 nitrogen and oxygen atoms in total. The maximum Gasteiger partial charge on any atom is 0.151 e. The molecule has 0 aliphatic heterocycles. The lowest BCUT2D eigenvalue weighted by Crippen LogP contribution is -2.42. The molecule has 0 aliphatic carbocycles. The van der Waals surface area contributed by atoms with Crippen molar-refractivity contribution in [2.24, 2.45) is 5.92 Å². The van der Waals surface area contributed by atoms with Crippen molar-refractivity contribution in [3.05, 3.63) is 0 Å². The smallest absolute Gasteiger partial charge is 0.151 e. The Morgan fingerprint density at radius 1 is 1.12 bits per heavy atom. The summed E-state index contributed by atoms with van der Waals surface area (Å²) in [6, 6.07) is 0.101. The van der Waals surface area contributed by atoms with Crippen LogP contribution in [0, 0.1) is 5.92 Å². The first kappa shape index (κ1) is 16.9. The molecule has 4 heteroatoms. The molecule has 2 unspecified atom stereocenters. The zero-order valence-corrected chi connectivity index (χ0v) is 12.8. The van der Waals surface area contributed by atoms with Crippen LogP contribution in [0.1, 0.15) is 53.4 Å². The minimum Gasteiger partial charge on any atom is -0.313 e. The Morgan fingerprint density at radius 2 is 1.71 bits per heavy atom. The highest BCUT2D eigenvalue weighted by Gasteiger charge is 2.24. The predicted molar refractivity (Wildman–Crippen MR) is 75.1 cm³/mol. The summed E-state index contributed by atoms with van der Waals surface area (Å²) in [7, 11) is -2.95. The van der Waals surface area contributed by atoms with Crippen LogP contribution < -0.4 is 5.32 Å². The zero-order chi connectivity index (χ0) is 13.5. The molecule has 0 rings (SSSR count). The molecule has 1 N–H and O–H groups in total. The molecule has 17 heavy (non-hydrogen) atoms. The molecule has 0 bridgehead atoms. The van der Waals surface area contributed by atoms with Gasteiger partial charge in [-0.25, -0.2) is 8.42 Å². The number of hydrogen-bond donors (Lipinski definition) is 1. The second kappa shape index (κ2) is 8.09. The Bertz CT molecular complexity index is 286. The summed E-state index contributed by atoms with van der Waals surface area (Å²) in [6.07, 6.45) is 5.59. The molecule has 0 fully saturated rings. The van der Waals surface area contributed by atoms with Crippen molar-refractivity contribution in [2.75, 3.05) is 12.8 Å². The van der Waals surface area contributed by atoms with E-state index in [1.54, 1.807) is 0 Å². The quantitative estimate of drug-likeness (QED) is 0.695. The standard InChI is InChI=1S/C13H29NO2S/c1-6-10-14-13(9-7-8-11(2)3)12(4)17(5,15)16/h11-14H,6-10H2,1-5H3. The molecule has 0 spiro atoms. The second-order valence-corrected chi connectivity index (χ2v) is 7.82. The molecule has 0 aliphatic rings. The van der Waals surface area contributed by atoms with Crippen LogP contribution in [-0.2, 0) is 9.84 Å². The largest absolute Gasteiger partial charge is 0.313 e. The van der Waals surface area contributed by atoms with E-state index >= 15 is 0 Å². The Labute approximate surface area is 107 Å². The van der Waals surface area contributed by atoms with Crippen molar-refractivity contribution in [2.45, 2.75) is 64.7 Å². The normalized spacial score (nSPS) is 16.1. The Balaban J connectivity index is 4.32. The molecule has 0 saturated heterocycles. The van der Waals surface area contributed by atoms with E-state index in [0.29, 0.717) is 5.92 Å². The average Bonchev–Trinajstić information content (AvgIpc) is 2.20. The second-order valence-electron chi connectivity index (χ2n) is 5.42. The first-order chi connectivity index (χ1) is 7.79. The molecule has 104 valence electrons. The van der Waals surface area contributed by atoms with Gasteiger partial charge in [-0.1, -0.05) is 33.6 Å². The zero-order valence-electron chi connectivity index (χ0n) is 12.0. The summed E-state index contributed by atoms with van der Waals surface area (Å²) >= 11 is 0. The van der Waals surface area contributed by atoms with E-state index in [1.165, 1.54) is 12.7 Å². The van der Waals surface area contributed by atoms with Crippen LogP contribution >= 0.6 is 0 Å². The van der Waals surface area contributed by atoms with Crippen LogP contribution in [-0.4, -0.2) is 32.5 Å². The van der Waals surface area contributed by atoms with Crippen molar-refractivity contribution < 1.29 is 8.42 Å². The van der Waals surface area contributed by atoms with Crippen LogP contribution in [0.3, 0.4) is 0 Å². The van der Waals surface area contributed by atoms with Crippen LogP contribution in [0.15, 0.2) is 0 Å². The third kappa shape index (κ3) is 7.77. The summed E-state index contributed by atoms with van der Waals surface area (Å²) in [5, 5.41) is 3.08.